The normalized spacial score (nSPS) is 10.5. The molecule has 0 radical (unpaired) electrons. The van der Waals surface area contributed by atoms with Gasteiger partial charge in [-0.25, -0.2) is 4.39 Å². The van der Waals surface area contributed by atoms with E-state index in [0.717, 1.165) is 22.6 Å². The molecule has 0 bridgehead atoms. The zero-order valence-corrected chi connectivity index (χ0v) is 12.8. The fourth-order valence-electron chi connectivity index (χ4n) is 1.76. The van der Waals surface area contributed by atoms with Crippen molar-refractivity contribution in [1.29, 1.82) is 0 Å². The van der Waals surface area contributed by atoms with Gasteiger partial charge in [-0.3, -0.25) is 0 Å². The first-order valence-electron chi connectivity index (χ1n) is 5.94. The van der Waals surface area contributed by atoms with E-state index in [0.29, 0.717) is 16.8 Å². The zero-order chi connectivity index (χ0) is 13.8. The molecule has 0 N–H and O–H groups in total. The lowest BCUT2D eigenvalue weighted by molar-refractivity contribution is 0.475. The van der Waals surface area contributed by atoms with Crippen molar-refractivity contribution in [2.75, 3.05) is 0 Å². The molecule has 0 fully saturated rings. The van der Waals surface area contributed by atoms with Crippen LogP contribution in [-0.2, 0) is 11.8 Å². The number of halogens is 3. The quantitative estimate of drug-likeness (QED) is 0.644. The molecule has 0 aliphatic rings. The largest absolute Gasteiger partial charge is 0.457 e. The molecule has 0 atom stereocenters. The van der Waals surface area contributed by atoms with Crippen molar-refractivity contribution >= 4 is 27.5 Å². The Hall–Kier alpha value is -1.06. The molecular weight excluding hydrogens is 331 g/mol. The number of rotatable bonds is 4. The highest BCUT2D eigenvalue weighted by molar-refractivity contribution is 9.08. The van der Waals surface area contributed by atoms with Gasteiger partial charge in [-0.15, -0.1) is 0 Å². The number of aryl methyl sites for hydroxylation is 1. The smallest absolute Gasteiger partial charge is 0.131 e. The minimum Gasteiger partial charge on any atom is -0.457 e. The van der Waals surface area contributed by atoms with Gasteiger partial charge < -0.3 is 4.74 Å². The van der Waals surface area contributed by atoms with E-state index in [1.54, 1.807) is 6.07 Å². The van der Waals surface area contributed by atoms with Crippen molar-refractivity contribution in [2.45, 2.75) is 18.7 Å². The van der Waals surface area contributed by atoms with Crippen LogP contribution in [0.4, 0.5) is 4.39 Å². The molecule has 2 aromatic rings. The summed E-state index contributed by atoms with van der Waals surface area (Å²) >= 11 is 9.39. The lowest BCUT2D eigenvalue weighted by Crippen LogP contribution is -1.92. The number of benzene rings is 2. The number of hydrogen-bond donors (Lipinski definition) is 0. The zero-order valence-electron chi connectivity index (χ0n) is 10.4. The maximum atomic E-state index is 13.2. The first-order valence-corrected chi connectivity index (χ1v) is 7.44. The molecular formula is C15H13BrClFO. The third-order valence-electron chi connectivity index (χ3n) is 2.79. The molecule has 0 heterocycles. The average molecular weight is 344 g/mol. The Balaban J connectivity index is 2.30. The van der Waals surface area contributed by atoms with Gasteiger partial charge in [0.2, 0.25) is 0 Å². The van der Waals surface area contributed by atoms with E-state index in [9.17, 15) is 4.39 Å². The minimum atomic E-state index is -0.271. The molecule has 2 rings (SSSR count). The second-order valence-electron chi connectivity index (χ2n) is 4.09. The van der Waals surface area contributed by atoms with E-state index < -0.39 is 0 Å². The van der Waals surface area contributed by atoms with Crippen LogP contribution < -0.4 is 4.74 Å². The monoisotopic (exact) mass is 342 g/mol. The van der Waals surface area contributed by atoms with Gasteiger partial charge in [0, 0.05) is 15.9 Å². The summed E-state index contributed by atoms with van der Waals surface area (Å²) in [7, 11) is 0. The maximum Gasteiger partial charge on any atom is 0.131 e. The van der Waals surface area contributed by atoms with Gasteiger partial charge in [-0.2, -0.15) is 0 Å². The Kier molecular flexibility index (Phi) is 4.83. The average Bonchev–Trinajstić information content (AvgIpc) is 2.42. The number of hydrogen-bond acceptors (Lipinski definition) is 1. The number of alkyl halides is 1. The van der Waals surface area contributed by atoms with Crippen LogP contribution in [0, 0.1) is 5.82 Å². The molecule has 1 nitrogen and oxygen atoms in total. The molecule has 0 amide bonds. The van der Waals surface area contributed by atoms with Crippen LogP contribution in [0.15, 0.2) is 36.4 Å². The van der Waals surface area contributed by atoms with Crippen LogP contribution in [0.2, 0.25) is 5.02 Å². The van der Waals surface area contributed by atoms with Crippen LogP contribution in [0.3, 0.4) is 0 Å². The van der Waals surface area contributed by atoms with E-state index in [2.05, 4.69) is 15.9 Å². The Bertz CT molecular complexity index is 586. The van der Waals surface area contributed by atoms with Gasteiger partial charge in [0.25, 0.3) is 0 Å². The molecule has 0 aromatic heterocycles. The molecule has 4 heteroatoms. The van der Waals surface area contributed by atoms with E-state index in [4.69, 9.17) is 16.3 Å². The van der Waals surface area contributed by atoms with Crippen LogP contribution >= 0.6 is 27.5 Å². The van der Waals surface area contributed by atoms with Crippen molar-refractivity contribution in [1.82, 2.24) is 0 Å². The van der Waals surface area contributed by atoms with Crippen LogP contribution in [-0.4, -0.2) is 0 Å². The van der Waals surface area contributed by atoms with E-state index in [1.807, 2.05) is 25.1 Å². The standard InChI is InChI=1S/C15H13BrClFO/c1-2-10-8-13(4-5-14(10)17)19-15-6-3-12(18)7-11(15)9-16/h3-8H,2,9H2,1H3. The second kappa shape index (κ2) is 6.40. The van der Waals surface area contributed by atoms with E-state index in [-0.39, 0.29) is 5.82 Å². The Morgan fingerprint density at radius 2 is 1.95 bits per heavy atom. The Morgan fingerprint density at radius 1 is 1.16 bits per heavy atom. The Morgan fingerprint density at radius 3 is 2.63 bits per heavy atom. The molecule has 0 aliphatic carbocycles. The maximum absolute atomic E-state index is 13.2. The van der Waals surface area contributed by atoms with Crippen molar-refractivity contribution in [2.24, 2.45) is 0 Å². The summed E-state index contributed by atoms with van der Waals surface area (Å²) in [6, 6.07) is 10.0. The predicted octanol–water partition coefficient (Wildman–Crippen LogP) is 5.73. The van der Waals surface area contributed by atoms with Gasteiger partial charge in [0.05, 0.1) is 0 Å². The van der Waals surface area contributed by atoms with Gasteiger partial charge in [0.1, 0.15) is 17.3 Å². The van der Waals surface area contributed by atoms with Crippen LogP contribution in [0.1, 0.15) is 18.1 Å². The lowest BCUT2D eigenvalue weighted by atomic mass is 10.1. The van der Waals surface area contributed by atoms with E-state index in [1.165, 1.54) is 12.1 Å². The second-order valence-corrected chi connectivity index (χ2v) is 5.06. The first-order chi connectivity index (χ1) is 9.13. The topological polar surface area (TPSA) is 9.23 Å². The highest BCUT2D eigenvalue weighted by atomic mass is 79.9. The minimum absolute atomic E-state index is 0.271. The molecule has 0 saturated heterocycles. The van der Waals surface area contributed by atoms with Gasteiger partial charge in [0.15, 0.2) is 0 Å². The molecule has 100 valence electrons. The molecule has 19 heavy (non-hydrogen) atoms. The molecule has 0 unspecified atom stereocenters. The SMILES string of the molecule is CCc1cc(Oc2ccc(F)cc2CBr)ccc1Cl. The summed E-state index contributed by atoms with van der Waals surface area (Å²) in [5, 5.41) is 1.27. The summed E-state index contributed by atoms with van der Waals surface area (Å²) in [6.45, 7) is 2.03. The highest BCUT2D eigenvalue weighted by Gasteiger charge is 2.07. The van der Waals surface area contributed by atoms with E-state index >= 15 is 0 Å². The third kappa shape index (κ3) is 3.48. The summed E-state index contributed by atoms with van der Waals surface area (Å²) < 4.78 is 18.9. The molecule has 0 aliphatic heterocycles. The van der Waals surface area contributed by atoms with Gasteiger partial charge >= 0.3 is 0 Å². The van der Waals surface area contributed by atoms with Crippen LogP contribution in [0.25, 0.3) is 0 Å². The van der Waals surface area contributed by atoms with Crippen molar-refractivity contribution < 1.29 is 9.13 Å². The predicted molar refractivity (Wildman–Crippen MR) is 79.9 cm³/mol. The summed E-state index contributed by atoms with van der Waals surface area (Å²) in [4.78, 5) is 0. The van der Waals surface area contributed by atoms with Crippen molar-refractivity contribution in [3.63, 3.8) is 0 Å². The van der Waals surface area contributed by atoms with Gasteiger partial charge in [-0.1, -0.05) is 34.5 Å². The van der Waals surface area contributed by atoms with Gasteiger partial charge in [-0.05, 0) is 48.4 Å². The number of ether oxygens (including phenoxy) is 1. The third-order valence-corrected chi connectivity index (χ3v) is 3.77. The fourth-order valence-corrected chi connectivity index (χ4v) is 2.45. The lowest BCUT2D eigenvalue weighted by Gasteiger charge is -2.11. The van der Waals surface area contributed by atoms with Crippen molar-refractivity contribution in [3.8, 4) is 11.5 Å². The summed E-state index contributed by atoms with van der Waals surface area (Å²) in [5.41, 5.74) is 1.80. The fraction of sp³-hybridized carbons (Fsp3) is 0.200. The Labute approximate surface area is 125 Å². The van der Waals surface area contributed by atoms with Crippen molar-refractivity contribution in [3.05, 3.63) is 58.4 Å². The highest BCUT2D eigenvalue weighted by Crippen LogP contribution is 2.30. The molecule has 2 aromatic carbocycles. The molecule has 0 spiro atoms. The molecule has 0 saturated carbocycles. The first kappa shape index (κ1) is 14.4. The van der Waals surface area contributed by atoms with Crippen LogP contribution in [0.5, 0.6) is 11.5 Å². The summed E-state index contributed by atoms with van der Waals surface area (Å²) in [6.07, 6.45) is 0.838. The summed E-state index contributed by atoms with van der Waals surface area (Å²) in [5.74, 6) is 1.07.